The fraction of sp³-hybridized carbons (Fsp3) is 0.706. The van der Waals surface area contributed by atoms with Crippen LogP contribution in [0.15, 0.2) is 18.5 Å². The van der Waals surface area contributed by atoms with Crippen molar-refractivity contribution in [2.45, 2.75) is 57.7 Å². The largest absolute Gasteiger partial charge is 0.441 e. The van der Waals surface area contributed by atoms with Gasteiger partial charge in [-0.3, -0.25) is 9.48 Å². The SMILES string of the molecule is CCC[C@H](C)N1CC2(CCN(C(=O)Cn3cccn3)CC2)OC1=O. The predicted octanol–water partition coefficient (Wildman–Crippen LogP) is 1.89. The Balaban J connectivity index is 1.55. The number of piperidine rings is 1. The van der Waals surface area contributed by atoms with Crippen LogP contribution in [-0.2, 0) is 16.1 Å². The maximum atomic E-state index is 12.3. The van der Waals surface area contributed by atoms with Gasteiger partial charge in [0.15, 0.2) is 0 Å². The Morgan fingerprint density at radius 3 is 2.79 bits per heavy atom. The van der Waals surface area contributed by atoms with Gasteiger partial charge in [-0.2, -0.15) is 5.10 Å². The second-order valence-corrected chi connectivity index (χ2v) is 6.90. The summed E-state index contributed by atoms with van der Waals surface area (Å²) in [5, 5.41) is 4.07. The van der Waals surface area contributed by atoms with Crippen LogP contribution in [0.1, 0.15) is 39.5 Å². The van der Waals surface area contributed by atoms with E-state index in [1.807, 2.05) is 15.9 Å². The second-order valence-electron chi connectivity index (χ2n) is 6.90. The van der Waals surface area contributed by atoms with Crippen molar-refractivity contribution < 1.29 is 14.3 Å². The van der Waals surface area contributed by atoms with E-state index >= 15 is 0 Å². The number of likely N-dealkylation sites (tertiary alicyclic amines) is 1. The summed E-state index contributed by atoms with van der Waals surface area (Å²) in [6.45, 7) is 6.37. The molecule has 0 radical (unpaired) electrons. The number of ether oxygens (including phenoxy) is 1. The number of rotatable bonds is 5. The molecular weight excluding hydrogens is 308 g/mol. The summed E-state index contributed by atoms with van der Waals surface area (Å²) in [6, 6.07) is 2.02. The molecule has 1 spiro atoms. The van der Waals surface area contributed by atoms with Gasteiger partial charge in [-0.1, -0.05) is 13.3 Å². The first-order valence-electron chi connectivity index (χ1n) is 8.78. The fourth-order valence-corrected chi connectivity index (χ4v) is 3.62. The van der Waals surface area contributed by atoms with Gasteiger partial charge in [-0.05, 0) is 19.4 Å². The first-order valence-corrected chi connectivity index (χ1v) is 8.78. The Hall–Kier alpha value is -2.05. The van der Waals surface area contributed by atoms with Crippen molar-refractivity contribution in [3.05, 3.63) is 18.5 Å². The number of carbonyl (C=O) groups is 2. The summed E-state index contributed by atoms with van der Waals surface area (Å²) >= 11 is 0. The van der Waals surface area contributed by atoms with Crippen LogP contribution >= 0.6 is 0 Å². The Bertz CT molecular complexity index is 579. The third-order valence-electron chi connectivity index (χ3n) is 5.12. The molecule has 2 saturated heterocycles. The lowest BCUT2D eigenvalue weighted by atomic mass is 9.91. The summed E-state index contributed by atoms with van der Waals surface area (Å²) < 4.78 is 7.37. The lowest BCUT2D eigenvalue weighted by Gasteiger charge is -2.37. The highest BCUT2D eigenvalue weighted by Gasteiger charge is 2.48. The van der Waals surface area contributed by atoms with Gasteiger partial charge in [-0.25, -0.2) is 4.79 Å². The van der Waals surface area contributed by atoms with Gasteiger partial charge < -0.3 is 14.5 Å². The van der Waals surface area contributed by atoms with Crippen LogP contribution in [0, 0.1) is 0 Å². The molecular formula is C17H26N4O3. The van der Waals surface area contributed by atoms with Crippen LogP contribution in [0.25, 0.3) is 0 Å². The molecule has 0 aromatic carbocycles. The first kappa shape index (κ1) is 16.8. The third-order valence-corrected chi connectivity index (χ3v) is 5.12. The van der Waals surface area contributed by atoms with Gasteiger partial charge in [0.2, 0.25) is 5.91 Å². The molecule has 3 rings (SSSR count). The number of hydrogen-bond acceptors (Lipinski definition) is 4. The minimum Gasteiger partial charge on any atom is -0.441 e. The lowest BCUT2D eigenvalue weighted by molar-refractivity contribution is -0.135. The molecule has 7 heteroatoms. The van der Waals surface area contributed by atoms with E-state index in [4.69, 9.17) is 4.74 Å². The Kier molecular flexibility index (Phi) is 4.78. The van der Waals surface area contributed by atoms with Crippen molar-refractivity contribution in [1.82, 2.24) is 19.6 Å². The molecule has 0 N–H and O–H groups in total. The average molecular weight is 334 g/mol. The van der Waals surface area contributed by atoms with Crippen molar-refractivity contribution in [2.75, 3.05) is 19.6 Å². The Morgan fingerprint density at radius 1 is 1.42 bits per heavy atom. The summed E-state index contributed by atoms with van der Waals surface area (Å²) in [5.74, 6) is 0.0640. The van der Waals surface area contributed by atoms with E-state index in [2.05, 4.69) is 18.9 Å². The molecule has 1 atom stereocenters. The van der Waals surface area contributed by atoms with Crippen LogP contribution in [0.4, 0.5) is 4.79 Å². The number of amides is 2. The molecule has 2 aliphatic rings. The highest BCUT2D eigenvalue weighted by molar-refractivity contribution is 5.76. The summed E-state index contributed by atoms with van der Waals surface area (Å²) in [4.78, 5) is 28.2. The summed E-state index contributed by atoms with van der Waals surface area (Å²) in [6.07, 6.45) is 6.70. The van der Waals surface area contributed by atoms with Crippen LogP contribution in [-0.4, -0.2) is 62.9 Å². The first-order chi connectivity index (χ1) is 11.5. The topological polar surface area (TPSA) is 67.7 Å². The summed E-state index contributed by atoms with van der Waals surface area (Å²) in [7, 11) is 0. The van der Waals surface area contributed by atoms with Crippen LogP contribution in [0.3, 0.4) is 0 Å². The van der Waals surface area contributed by atoms with E-state index in [1.54, 1.807) is 17.1 Å². The van der Waals surface area contributed by atoms with Crippen LogP contribution in [0.5, 0.6) is 0 Å². The van der Waals surface area contributed by atoms with E-state index < -0.39 is 5.60 Å². The quantitative estimate of drug-likeness (QED) is 0.824. The molecule has 2 aliphatic heterocycles. The maximum absolute atomic E-state index is 12.3. The van der Waals surface area contributed by atoms with E-state index in [1.165, 1.54) is 0 Å². The molecule has 1 aromatic heterocycles. The minimum absolute atomic E-state index is 0.0640. The zero-order valence-corrected chi connectivity index (χ0v) is 14.5. The standard InChI is InChI=1S/C17H26N4O3/c1-3-5-14(2)21-13-17(24-16(21)23)6-10-19(11-7-17)15(22)12-20-9-4-8-18-20/h4,8-9,14H,3,5-7,10-13H2,1-2H3/t14-/m0/s1. The van der Waals surface area contributed by atoms with Gasteiger partial charge in [0.1, 0.15) is 12.1 Å². The molecule has 132 valence electrons. The van der Waals surface area contributed by atoms with Crippen LogP contribution in [0.2, 0.25) is 0 Å². The third kappa shape index (κ3) is 3.39. The molecule has 2 fully saturated rings. The smallest absolute Gasteiger partial charge is 0.410 e. The lowest BCUT2D eigenvalue weighted by Crippen LogP contribution is -2.49. The Morgan fingerprint density at radius 2 is 2.17 bits per heavy atom. The van der Waals surface area contributed by atoms with Gasteiger partial charge >= 0.3 is 6.09 Å². The number of carbonyl (C=O) groups excluding carboxylic acids is 2. The van der Waals surface area contributed by atoms with Gasteiger partial charge in [0, 0.05) is 44.4 Å². The van der Waals surface area contributed by atoms with Crippen molar-refractivity contribution in [1.29, 1.82) is 0 Å². The molecule has 2 amide bonds. The minimum atomic E-state index is -0.415. The molecule has 24 heavy (non-hydrogen) atoms. The van der Waals surface area contributed by atoms with Gasteiger partial charge in [0.25, 0.3) is 0 Å². The number of nitrogens with zero attached hydrogens (tertiary/aromatic N) is 4. The van der Waals surface area contributed by atoms with Crippen molar-refractivity contribution in [3.63, 3.8) is 0 Å². The molecule has 0 unspecified atom stereocenters. The number of hydrogen-bond donors (Lipinski definition) is 0. The van der Waals surface area contributed by atoms with E-state index in [0.717, 1.165) is 12.8 Å². The fourth-order valence-electron chi connectivity index (χ4n) is 3.62. The molecule has 3 heterocycles. The van der Waals surface area contributed by atoms with Crippen LogP contribution < -0.4 is 0 Å². The van der Waals surface area contributed by atoms with Gasteiger partial charge in [0.05, 0.1) is 6.54 Å². The van der Waals surface area contributed by atoms with E-state index in [-0.39, 0.29) is 24.6 Å². The van der Waals surface area contributed by atoms with Gasteiger partial charge in [-0.15, -0.1) is 0 Å². The van der Waals surface area contributed by atoms with E-state index in [9.17, 15) is 9.59 Å². The average Bonchev–Trinajstić information content (AvgIpc) is 3.16. The molecule has 0 saturated carbocycles. The van der Waals surface area contributed by atoms with E-state index in [0.29, 0.717) is 32.5 Å². The second kappa shape index (κ2) is 6.83. The maximum Gasteiger partial charge on any atom is 0.410 e. The predicted molar refractivity (Wildman–Crippen MR) is 88.3 cm³/mol. The molecule has 7 nitrogen and oxygen atoms in total. The molecule has 0 bridgehead atoms. The van der Waals surface area contributed by atoms with Crippen molar-refractivity contribution in [2.24, 2.45) is 0 Å². The number of aromatic nitrogens is 2. The van der Waals surface area contributed by atoms with Crippen molar-refractivity contribution >= 4 is 12.0 Å². The summed E-state index contributed by atoms with van der Waals surface area (Å²) in [5.41, 5.74) is -0.415. The normalized spacial score (nSPS) is 21.2. The monoisotopic (exact) mass is 334 g/mol. The highest BCUT2D eigenvalue weighted by Crippen LogP contribution is 2.34. The zero-order chi connectivity index (χ0) is 17.2. The molecule has 1 aromatic rings. The Labute approximate surface area is 142 Å². The van der Waals surface area contributed by atoms with Crippen molar-refractivity contribution in [3.8, 4) is 0 Å². The molecule has 0 aliphatic carbocycles. The zero-order valence-electron chi connectivity index (χ0n) is 14.5. The highest BCUT2D eigenvalue weighted by atomic mass is 16.6.